The zero-order valence-electron chi connectivity index (χ0n) is 15.0. The van der Waals surface area contributed by atoms with Gasteiger partial charge in [-0.25, -0.2) is 0 Å². The number of benzene rings is 1. The van der Waals surface area contributed by atoms with E-state index in [-0.39, 0.29) is 24.2 Å². The van der Waals surface area contributed by atoms with Crippen LogP contribution in [-0.2, 0) is 14.3 Å². The predicted molar refractivity (Wildman–Crippen MR) is 100 cm³/mol. The lowest BCUT2D eigenvalue weighted by molar-refractivity contribution is -0.155. The molecule has 1 aliphatic carbocycles. The van der Waals surface area contributed by atoms with E-state index in [0.29, 0.717) is 13.1 Å². The largest absolute Gasteiger partial charge is 0.458 e. The summed E-state index contributed by atoms with van der Waals surface area (Å²) in [5, 5.41) is 0.724. The Labute approximate surface area is 159 Å². The van der Waals surface area contributed by atoms with Crippen LogP contribution < -0.4 is 4.90 Å². The summed E-state index contributed by atoms with van der Waals surface area (Å²) in [5.74, 6) is -0.403. The van der Waals surface area contributed by atoms with E-state index in [1.807, 2.05) is 29.2 Å². The number of hydrogen-bond acceptors (Lipinski definition) is 4. The van der Waals surface area contributed by atoms with Gasteiger partial charge in [-0.15, -0.1) is 0 Å². The maximum atomic E-state index is 13.2. The van der Waals surface area contributed by atoms with Gasteiger partial charge in [0.15, 0.2) is 0 Å². The summed E-state index contributed by atoms with van der Waals surface area (Å²) in [6.45, 7) is 2.90. The number of hydrogen-bond donors (Lipinski definition) is 0. The van der Waals surface area contributed by atoms with Crippen LogP contribution in [0.25, 0.3) is 0 Å². The zero-order valence-corrected chi connectivity index (χ0v) is 15.7. The normalized spacial score (nSPS) is 25.4. The lowest BCUT2D eigenvalue weighted by atomic mass is 9.75. The number of amides is 1. The summed E-state index contributed by atoms with van der Waals surface area (Å²) in [7, 11) is 0. The van der Waals surface area contributed by atoms with Crippen LogP contribution >= 0.6 is 11.6 Å². The van der Waals surface area contributed by atoms with Gasteiger partial charge in [0.05, 0.1) is 12.3 Å². The number of ether oxygens (including phenoxy) is 1. The molecule has 1 saturated carbocycles. The van der Waals surface area contributed by atoms with Crippen LogP contribution in [0.4, 0.5) is 5.69 Å². The van der Waals surface area contributed by atoms with Crippen LogP contribution in [0.1, 0.15) is 38.5 Å². The van der Waals surface area contributed by atoms with Gasteiger partial charge in [0.2, 0.25) is 5.91 Å². The zero-order chi connectivity index (χ0) is 18.1. The fourth-order valence-electron chi connectivity index (χ4n) is 4.68. The SMILES string of the molecule is O=C1CC(C(=O)N2CCN(c3cccc(Cl)c3)CC2)C2(CCCCC2)O1. The van der Waals surface area contributed by atoms with E-state index >= 15 is 0 Å². The molecule has 1 spiro atoms. The predicted octanol–water partition coefficient (Wildman–Crippen LogP) is 3.25. The summed E-state index contributed by atoms with van der Waals surface area (Å²) in [4.78, 5) is 29.3. The summed E-state index contributed by atoms with van der Waals surface area (Å²) in [5.41, 5.74) is 0.559. The van der Waals surface area contributed by atoms with Gasteiger partial charge < -0.3 is 14.5 Å². The number of carbonyl (C=O) groups excluding carboxylic acids is 2. The molecule has 6 heteroatoms. The number of nitrogens with zero attached hydrogens (tertiary/aromatic N) is 2. The van der Waals surface area contributed by atoms with Crippen LogP contribution in [0.2, 0.25) is 5.02 Å². The third kappa shape index (κ3) is 3.29. The Morgan fingerprint density at radius 2 is 1.85 bits per heavy atom. The summed E-state index contributed by atoms with van der Waals surface area (Å²) in [6.07, 6.45) is 5.15. The monoisotopic (exact) mass is 376 g/mol. The Morgan fingerprint density at radius 3 is 2.54 bits per heavy atom. The van der Waals surface area contributed by atoms with E-state index in [2.05, 4.69) is 4.90 Å². The quantitative estimate of drug-likeness (QED) is 0.743. The fraction of sp³-hybridized carbons (Fsp3) is 0.600. The first-order chi connectivity index (χ1) is 12.6. The van der Waals surface area contributed by atoms with Crippen molar-refractivity contribution in [3.63, 3.8) is 0 Å². The van der Waals surface area contributed by atoms with Crippen molar-refractivity contribution in [2.45, 2.75) is 44.1 Å². The van der Waals surface area contributed by atoms with Crippen molar-refractivity contribution >= 4 is 29.2 Å². The molecule has 1 atom stereocenters. The molecule has 0 N–H and O–H groups in total. The second-order valence-electron chi connectivity index (χ2n) is 7.65. The molecule has 1 unspecified atom stereocenters. The Kier molecular flexibility index (Phi) is 4.82. The molecule has 26 heavy (non-hydrogen) atoms. The van der Waals surface area contributed by atoms with Crippen LogP contribution in [-0.4, -0.2) is 48.6 Å². The molecular formula is C20H25ClN2O3. The Hall–Kier alpha value is -1.75. The van der Waals surface area contributed by atoms with Crippen LogP contribution in [0.15, 0.2) is 24.3 Å². The standard InChI is InChI=1S/C20H25ClN2O3/c21-15-5-4-6-16(13-15)22-9-11-23(12-10-22)19(25)17-14-18(24)26-20(17)7-2-1-3-8-20/h4-6,13,17H,1-3,7-12,14H2. The molecule has 1 amide bonds. The number of carbonyl (C=O) groups is 2. The van der Waals surface area contributed by atoms with Gasteiger partial charge in [0, 0.05) is 36.9 Å². The van der Waals surface area contributed by atoms with E-state index in [1.54, 1.807) is 0 Å². The smallest absolute Gasteiger partial charge is 0.307 e. The molecule has 5 nitrogen and oxygen atoms in total. The number of rotatable bonds is 2. The lowest BCUT2D eigenvalue weighted by Gasteiger charge is -2.41. The summed E-state index contributed by atoms with van der Waals surface area (Å²) >= 11 is 6.09. The highest BCUT2D eigenvalue weighted by molar-refractivity contribution is 6.30. The minimum atomic E-state index is -0.531. The third-order valence-electron chi connectivity index (χ3n) is 6.09. The lowest BCUT2D eigenvalue weighted by Crippen LogP contribution is -2.53. The second kappa shape index (κ2) is 7.10. The Morgan fingerprint density at radius 1 is 1.12 bits per heavy atom. The molecule has 0 radical (unpaired) electrons. The van der Waals surface area contributed by atoms with Gasteiger partial charge in [0.1, 0.15) is 5.60 Å². The number of halogens is 1. The molecular weight excluding hydrogens is 352 g/mol. The number of anilines is 1. The van der Waals surface area contributed by atoms with Gasteiger partial charge in [-0.05, 0) is 43.9 Å². The molecule has 0 bridgehead atoms. The van der Waals surface area contributed by atoms with Gasteiger partial charge in [-0.1, -0.05) is 24.1 Å². The molecule has 1 aromatic carbocycles. The van der Waals surface area contributed by atoms with Crippen molar-refractivity contribution in [3.05, 3.63) is 29.3 Å². The van der Waals surface area contributed by atoms with Gasteiger partial charge in [-0.3, -0.25) is 9.59 Å². The highest BCUT2D eigenvalue weighted by atomic mass is 35.5. The highest BCUT2D eigenvalue weighted by Gasteiger charge is 2.53. The highest BCUT2D eigenvalue weighted by Crippen LogP contribution is 2.45. The maximum absolute atomic E-state index is 13.2. The van der Waals surface area contributed by atoms with Gasteiger partial charge in [0.25, 0.3) is 0 Å². The average molecular weight is 377 g/mol. The molecule has 2 saturated heterocycles. The molecule has 140 valence electrons. The van der Waals surface area contributed by atoms with E-state index in [4.69, 9.17) is 16.3 Å². The van der Waals surface area contributed by atoms with Crippen molar-refractivity contribution in [2.24, 2.45) is 5.92 Å². The first-order valence-corrected chi connectivity index (χ1v) is 9.96. The van der Waals surface area contributed by atoms with Crippen molar-refractivity contribution in [1.29, 1.82) is 0 Å². The summed E-state index contributed by atoms with van der Waals surface area (Å²) in [6, 6.07) is 7.82. The topological polar surface area (TPSA) is 49.9 Å². The van der Waals surface area contributed by atoms with Crippen molar-refractivity contribution in [1.82, 2.24) is 4.90 Å². The molecule has 0 aromatic heterocycles. The first kappa shape index (κ1) is 17.7. The van der Waals surface area contributed by atoms with Crippen LogP contribution in [0, 0.1) is 5.92 Å². The fourth-order valence-corrected chi connectivity index (χ4v) is 4.87. The minimum absolute atomic E-state index is 0.100. The van der Waals surface area contributed by atoms with Gasteiger partial charge >= 0.3 is 5.97 Å². The van der Waals surface area contributed by atoms with E-state index in [9.17, 15) is 9.59 Å². The van der Waals surface area contributed by atoms with E-state index in [1.165, 1.54) is 6.42 Å². The minimum Gasteiger partial charge on any atom is -0.458 e. The first-order valence-electron chi connectivity index (χ1n) is 9.59. The average Bonchev–Trinajstić information content (AvgIpc) is 2.97. The third-order valence-corrected chi connectivity index (χ3v) is 6.32. The Balaban J connectivity index is 1.42. The van der Waals surface area contributed by atoms with Gasteiger partial charge in [-0.2, -0.15) is 0 Å². The number of piperazine rings is 1. The number of esters is 1. The molecule has 3 fully saturated rings. The second-order valence-corrected chi connectivity index (χ2v) is 8.08. The van der Waals surface area contributed by atoms with Crippen molar-refractivity contribution in [2.75, 3.05) is 31.1 Å². The molecule has 1 aromatic rings. The Bertz CT molecular complexity index is 694. The van der Waals surface area contributed by atoms with Crippen LogP contribution in [0.5, 0.6) is 0 Å². The van der Waals surface area contributed by atoms with Crippen molar-refractivity contribution in [3.8, 4) is 0 Å². The van der Waals surface area contributed by atoms with Crippen molar-refractivity contribution < 1.29 is 14.3 Å². The molecule has 4 rings (SSSR count). The maximum Gasteiger partial charge on any atom is 0.307 e. The molecule has 2 heterocycles. The van der Waals surface area contributed by atoms with Crippen LogP contribution in [0.3, 0.4) is 0 Å². The van der Waals surface area contributed by atoms with E-state index in [0.717, 1.165) is 49.5 Å². The molecule has 2 aliphatic heterocycles. The van der Waals surface area contributed by atoms with E-state index < -0.39 is 5.60 Å². The molecule has 3 aliphatic rings. The summed E-state index contributed by atoms with van der Waals surface area (Å²) < 4.78 is 5.71.